The Balaban J connectivity index is 0.000000591. The van der Waals surface area contributed by atoms with Gasteiger partial charge in [0.1, 0.15) is 17.3 Å². The van der Waals surface area contributed by atoms with Crippen LogP contribution in [-0.2, 0) is 11.8 Å². The number of aryl methyl sites for hydroxylation is 2. The first kappa shape index (κ1) is 32.7. The van der Waals surface area contributed by atoms with Crippen molar-refractivity contribution in [1.29, 1.82) is 10.5 Å². The van der Waals surface area contributed by atoms with Crippen molar-refractivity contribution in [2.24, 2.45) is 7.05 Å². The molecule has 1 unspecified atom stereocenters. The van der Waals surface area contributed by atoms with E-state index in [1.54, 1.807) is 29.8 Å². The average Bonchev–Trinajstić information content (AvgIpc) is 3.01. The van der Waals surface area contributed by atoms with E-state index in [9.17, 15) is 28.5 Å². The highest BCUT2D eigenvalue weighted by atomic mass is 19.4. The summed E-state index contributed by atoms with van der Waals surface area (Å²) in [5, 5.41) is 25.9. The number of alkyl halides is 3. The molecule has 3 heterocycles. The van der Waals surface area contributed by atoms with Crippen LogP contribution in [0.15, 0.2) is 71.5 Å². The van der Waals surface area contributed by atoms with Crippen molar-refractivity contribution in [3.8, 4) is 12.1 Å². The maximum atomic E-state index is 12.9. The molecule has 1 fully saturated rings. The molecule has 1 saturated heterocycles. The van der Waals surface area contributed by atoms with Crippen molar-refractivity contribution in [3.63, 3.8) is 0 Å². The number of piperazine rings is 1. The highest BCUT2D eigenvalue weighted by molar-refractivity contribution is 5.89. The fourth-order valence-corrected chi connectivity index (χ4v) is 5.51. The number of hydrogen-bond acceptors (Lipinski definition) is 7. The number of anilines is 1. The Bertz CT molecular complexity index is 1840. The van der Waals surface area contributed by atoms with E-state index in [1.165, 1.54) is 11.1 Å². The number of aliphatic carboxylic acids is 1. The normalized spacial score (nSPS) is 17.5. The Morgan fingerprint density at radius 2 is 1.53 bits per heavy atom. The van der Waals surface area contributed by atoms with Gasteiger partial charge in [-0.25, -0.2) is 9.78 Å². The van der Waals surface area contributed by atoms with Crippen LogP contribution in [0, 0.1) is 29.6 Å². The molecular weight excluding hydrogens is 585 g/mol. The van der Waals surface area contributed by atoms with Crippen molar-refractivity contribution < 1.29 is 23.1 Å². The minimum absolute atomic E-state index is 0.0200. The molecule has 3 atom stereocenters. The van der Waals surface area contributed by atoms with Crippen molar-refractivity contribution >= 4 is 22.7 Å². The van der Waals surface area contributed by atoms with Crippen LogP contribution in [0.3, 0.4) is 0 Å². The van der Waals surface area contributed by atoms with Crippen LogP contribution >= 0.6 is 0 Å². The summed E-state index contributed by atoms with van der Waals surface area (Å²) in [6, 6.07) is 26.2. The molecule has 2 aromatic carbocycles. The second-order valence-electron chi connectivity index (χ2n) is 11.0. The number of hydrogen-bond donors (Lipinski definition) is 1. The van der Waals surface area contributed by atoms with Gasteiger partial charge in [-0.05, 0) is 56.2 Å². The van der Waals surface area contributed by atoms with Gasteiger partial charge < -0.3 is 14.6 Å². The zero-order chi connectivity index (χ0) is 33.1. The summed E-state index contributed by atoms with van der Waals surface area (Å²) in [4.78, 5) is 31.1. The zero-order valence-corrected chi connectivity index (χ0v) is 25.1. The van der Waals surface area contributed by atoms with Crippen molar-refractivity contribution in [2.75, 3.05) is 18.0 Å². The number of benzene rings is 2. The first-order chi connectivity index (χ1) is 21.2. The Morgan fingerprint density at radius 3 is 2.07 bits per heavy atom. The van der Waals surface area contributed by atoms with Gasteiger partial charge in [-0.3, -0.25) is 9.69 Å². The SMILES string of the molecule is Cc1ccc(C(c2ccc(C#N)cc2)N2C[C@H](C)N(c3cc(=O)n(C)c4ccc(C#N)nc34)C[C@H]2C)cc1.O=C(O)C(F)(F)F. The largest absolute Gasteiger partial charge is 0.490 e. The maximum absolute atomic E-state index is 12.9. The van der Waals surface area contributed by atoms with Crippen LogP contribution in [0.1, 0.15) is 47.8 Å². The standard InChI is InChI=1S/C31H30N6O.C2HF3O2/c1-20-5-9-24(10-6-20)31(25-11-7-23(16-32)8-12-25)37-19-21(2)36(18-22(37)3)28-15-29(38)35(4)27-14-13-26(17-33)34-30(27)28;3-2(4,5)1(6)7/h5-15,21-22,31H,18-19H2,1-4H3;(H,6,7)/t21-,22+,31?;/m0./s1. The number of pyridine rings is 2. The first-order valence-electron chi connectivity index (χ1n) is 14.0. The highest BCUT2D eigenvalue weighted by Gasteiger charge is 2.38. The summed E-state index contributed by atoms with van der Waals surface area (Å²) in [6.07, 6.45) is -5.08. The van der Waals surface area contributed by atoms with Gasteiger partial charge >= 0.3 is 12.1 Å². The molecule has 0 radical (unpaired) electrons. The van der Waals surface area contributed by atoms with Crippen LogP contribution in [0.2, 0.25) is 0 Å². The predicted molar refractivity (Wildman–Crippen MR) is 163 cm³/mol. The monoisotopic (exact) mass is 616 g/mol. The number of carbonyl (C=O) groups is 1. The fraction of sp³-hybridized carbons (Fsp3) is 0.303. The van der Waals surface area contributed by atoms with Crippen LogP contribution in [-0.4, -0.2) is 56.9 Å². The topological polar surface area (TPSA) is 126 Å². The average molecular weight is 617 g/mol. The molecule has 45 heavy (non-hydrogen) atoms. The van der Waals surface area contributed by atoms with E-state index in [0.29, 0.717) is 28.8 Å². The van der Waals surface area contributed by atoms with Gasteiger partial charge in [-0.15, -0.1) is 0 Å². The lowest BCUT2D eigenvalue weighted by atomic mass is 9.92. The van der Waals surface area contributed by atoms with Crippen molar-refractivity contribution in [3.05, 3.63) is 105 Å². The van der Waals surface area contributed by atoms with Gasteiger partial charge in [0.05, 0.1) is 28.9 Å². The van der Waals surface area contributed by atoms with E-state index in [1.807, 2.05) is 12.1 Å². The van der Waals surface area contributed by atoms with Crippen molar-refractivity contribution in [1.82, 2.24) is 14.5 Å². The molecule has 0 spiro atoms. The molecule has 12 heteroatoms. The number of nitriles is 2. The van der Waals surface area contributed by atoms with E-state index < -0.39 is 12.1 Å². The van der Waals surface area contributed by atoms with Gasteiger partial charge in [-0.1, -0.05) is 42.0 Å². The van der Waals surface area contributed by atoms with Crippen LogP contribution in [0.4, 0.5) is 18.9 Å². The summed E-state index contributed by atoms with van der Waals surface area (Å²) in [7, 11) is 1.73. The van der Waals surface area contributed by atoms with Crippen molar-refractivity contribution in [2.45, 2.75) is 45.1 Å². The number of halogens is 3. The zero-order valence-electron chi connectivity index (χ0n) is 25.1. The Kier molecular flexibility index (Phi) is 9.60. The van der Waals surface area contributed by atoms with Crippen LogP contribution in [0.5, 0.6) is 0 Å². The quantitative estimate of drug-likeness (QED) is 0.327. The van der Waals surface area contributed by atoms with E-state index in [4.69, 9.17) is 9.90 Å². The lowest BCUT2D eigenvalue weighted by molar-refractivity contribution is -0.192. The molecule has 0 aliphatic carbocycles. The third-order valence-electron chi connectivity index (χ3n) is 7.85. The van der Waals surface area contributed by atoms with E-state index in [0.717, 1.165) is 17.8 Å². The van der Waals surface area contributed by atoms with E-state index in [2.05, 4.69) is 84.1 Å². The summed E-state index contributed by atoms with van der Waals surface area (Å²) < 4.78 is 33.3. The molecule has 0 amide bonds. The smallest absolute Gasteiger partial charge is 0.475 e. The predicted octanol–water partition coefficient (Wildman–Crippen LogP) is 5.31. The molecular formula is C33H31F3N6O3. The number of carboxylic acid groups (broad SMARTS) is 1. The molecule has 9 nitrogen and oxygen atoms in total. The Morgan fingerprint density at radius 1 is 0.956 bits per heavy atom. The molecule has 1 aliphatic heterocycles. The van der Waals surface area contributed by atoms with Gasteiger partial charge in [-0.2, -0.15) is 23.7 Å². The van der Waals surface area contributed by atoms with Crippen LogP contribution in [0.25, 0.3) is 11.0 Å². The van der Waals surface area contributed by atoms with Crippen LogP contribution < -0.4 is 10.5 Å². The van der Waals surface area contributed by atoms with Gasteiger partial charge in [0, 0.05) is 38.3 Å². The summed E-state index contributed by atoms with van der Waals surface area (Å²) in [5.74, 6) is -2.76. The molecule has 1 aliphatic rings. The number of rotatable bonds is 4. The third kappa shape index (κ3) is 7.14. The molecule has 1 N–H and O–H groups in total. The van der Waals surface area contributed by atoms with E-state index >= 15 is 0 Å². The molecule has 0 saturated carbocycles. The third-order valence-corrected chi connectivity index (χ3v) is 7.85. The number of fused-ring (bicyclic) bond motifs is 1. The van der Waals surface area contributed by atoms with Gasteiger partial charge in [0.15, 0.2) is 0 Å². The summed E-state index contributed by atoms with van der Waals surface area (Å²) >= 11 is 0. The number of aromatic nitrogens is 2. The molecule has 2 aromatic heterocycles. The molecule has 232 valence electrons. The van der Waals surface area contributed by atoms with Gasteiger partial charge in [0.25, 0.3) is 5.56 Å². The second-order valence-corrected chi connectivity index (χ2v) is 11.0. The minimum Gasteiger partial charge on any atom is -0.475 e. The van der Waals surface area contributed by atoms with E-state index in [-0.39, 0.29) is 23.7 Å². The minimum atomic E-state index is -5.08. The number of carboxylic acids is 1. The fourth-order valence-electron chi connectivity index (χ4n) is 5.51. The van der Waals surface area contributed by atoms with Gasteiger partial charge in [0.2, 0.25) is 0 Å². The molecule has 0 bridgehead atoms. The Labute approximate surface area is 258 Å². The highest BCUT2D eigenvalue weighted by Crippen LogP contribution is 2.36. The maximum Gasteiger partial charge on any atom is 0.490 e. The summed E-state index contributed by atoms with van der Waals surface area (Å²) in [6.45, 7) is 7.92. The first-order valence-corrected chi connectivity index (χ1v) is 14.0. The Hall–Kier alpha value is -5.20. The second kappa shape index (κ2) is 13.2. The molecule has 4 aromatic rings. The lowest BCUT2D eigenvalue weighted by Crippen LogP contribution is -2.57. The lowest BCUT2D eigenvalue weighted by Gasteiger charge is -2.48. The number of nitrogens with zero attached hydrogens (tertiary/aromatic N) is 6. The summed E-state index contributed by atoms with van der Waals surface area (Å²) in [5.41, 5.74) is 6.57. The molecule has 5 rings (SSSR count).